The van der Waals surface area contributed by atoms with Crippen molar-refractivity contribution in [2.75, 3.05) is 21.2 Å². The second kappa shape index (κ2) is 15.7. The highest BCUT2D eigenvalue weighted by molar-refractivity contribution is 5.92. The van der Waals surface area contributed by atoms with E-state index in [1.54, 1.807) is 0 Å². The first kappa shape index (κ1) is 30.7. The summed E-state index contributed by atoms with van der Waals surface area (Å²) in [4.78, 5) is 31.8. The van der Waals surface area contributed by atoms with Gasteiger partial charge in [-0.1, -0.05) is 0 Å². The second-order valence-corrected chi connectivity index (χ2v) is 11.3. The Morgan fingerprint density at radius 2 is 1.11 bits per heavy atom. The third kappa shape index (κ3) is 10.6. The first-order valence-corrected chi connectivity index (χ1v) is 15.2. The summed E-state index contributed by atoms with van der Waals surface area (Å²) >= 11 is 0. The van der Waals surface area contributed by atoms with Gasteiger partial charge >= 0.3 is 24.7 Å². The van der Waals surface area contributed by atoms with Crippen molar-refractivity contribution in [3.05, 3.63) is 83.4 Å². The van der Waals surface area contributed by atoms with Gasteiger partial charge in [-0.15, -0.1) is 26.3 Å². The molecule has 2 aliphatic carbocycles. The Labute approximate surface area is 305 Å². The van der Waals surface area contributed by atoms with Crippen molar-refractivity contribution >= 4 is 11.9 Å². The van der Waals surface area contributed by atoms with Gasteiger partial charge in [-0.25, -0.2) is 9.59 Å². The highest BCUT2D eigenvalue weighted by Gasteiger charge is 2.33. The predicted octanol–water partition coefficient (Wildman–Crippen LogP) is 8.80. The van der Waals surface area contributed by atoms with Gasteiger partial charge in [-0.3, -0.25) is 9.97 Å². The molecule has 2 aromatic heterocycles. The van der Waals surface area contributed by atoms with E-state index in [-0.39, 0.29) is 46.0 Å². The zero-order valence-corrected chi connectivity index (χ0v) is 27.0. The average molecular weight is 759 g/mol. The highest BCUT2D eigenvalue weighted by Crippen LogP contribution is 2.44. The monoisotopic (exact) mass is 758 g/mol. The van der Waals surface area contributed by atoms with E-state index >= 15 is 0 Å². The van der Waals surface area contributed by atoms with Crippen molar-refractivity contribution in [3.63, 3.8) is 0 Å². The topological polar surface area (TPSA) is 145 Å². The summed E-state index contributed by atoms with van der Waals surface area (Å²) in [5.74, 6) is -4.93. The van der Waals surface area contributed by atoms with Gasteiger partial charge in [0.05, 0.1) is 29.4 Å². The summed E-state index contributed by atoms with van der Waals surface area (Å²) in [6, 6.07) is 8.18. The van der Waals surface area contributed by atoms with Crippen LogP contribution in [-0.2, 0) is 4.74 Å². The van der Waals surface area contributed by atoms with E-state index in [1.165, 1.54) is 18.3 Å². The smallest absolute Gasteiger partial charge is 0.493 e. The summed E-state index contributed by atoms with van der Waals surface area (Å²) < 4.78 is 151. The Hall–Kier alpha value is -5.94. The van der Waals surface area contributed by atoms with Crippen molar-refractivity contribution in [1.29, 1.82) is 0 Å². The van der Waals surface area contributed by atoms with Gasteiger partial charge in [-0.05, 0) is 49.9 Å². The van der Waals surface area contributed by atoms with Crippen LogP contribution in [0.3, 0.4) is 0 Å². The van der Waals surface area contributed by atoms with Crippen molar-refractivity contribution in [3.8, 4) is 46.0 Å². The van der Waals surface area contributed by atoms with E-state index in [1.807, 2.05) is 0 Å². The van der Waals surface area contributed by atoms with Crippen molar-refractivity contribution < 1.29 is 82.4 Å². The van der Waals surface area contributed by atoms with E-state index in [9.17, 15) is 41.0 Å². The maximum absolute atomic E-state index is 12.5. The third-order valence-electron chi connectivity index (χ3n) is 7.36. The largest absolute Gasteiger partial charge is 0.573 e. The maximum atomic E-state index is 12.5. The molecule has 0 atom stereocenters. The number of pyridine rings is 2. The number of aromatic carboxylic acids is 1. The second-order valence-electron chi connectivity index (χ2n) is 11.3. The Morgan fingerprint density at radius 1 is 0.679 bits per heavy atom. The molecule has 0 bridgehead atoms. The minimum atomic E-state index is -5.00. The molecular formula is C35H30F6N2O10. The first-order valence-electron chi connectivity index (χ1n) is 18.2. The molecule has 0 saturated heterocycles. The van der Waals surface area contributed by atoms with Crippen LogP contribution in [0.5, 0.6) is 46.0 Å². The number of carboxylic acid groups (broad SMARTS) is 1. The number of methoxy groups -OCH3 is 3. The minimum Gasteiger partial charge on any atom is -0.493 e. The average Bonchev–Trinajstić information content (AvgIpc) is 4.02. The number of alkyl halides is 6. The molecule has 18 heteroatoms. The number of nitrogens with zero attached hydrogens (tertiary/aromatic N) is 2. The highest BCUT2D eigenvalue weighted by atomic mass is 19.4. The molecule has 0 radical (unpaired) electrons. The molecule has 282 valence electrons. The van der Waals surface area contributed by atoms with Crippen LogP contribution >= 0.6 is 0 Å². The summed E-state index contributed by atoms with van der Waals surface area (Å²) in [6.07, 6.45) is -4.01. The van der Waals surface area contributed by atoms with Gasteiger partial charge in [0.25, 0.3) is 0 Å². The van der Waals surface area contributed by atoms with E-state index in [2.05, 4.69) is 19.4 Å². The van der Waals surface area contributed by atoms with Crippen LogP contribution in [0.2, 0.25) is 0 Å². The molecule has 0 unspecified atom stereocenters. The van der Waals surface area contributed by atoms with Gasteiger partial charge in [0.15, 0.2) is 23.0 Å². The molecular weight excluding hydrogens is 722 g/mol. The number of rotatable bonds is 12. The molecule has 12 nitrogen and oxygen atoms in total. The molecule has 4 aromatic rings. The van der Waals surface area contributed by atoms with Crippen LogP contribution in [0.1, 0.15) is 77.8 Å². The fourth-order valence-electron chi connectivity index (χ4n) is 4.64. The van der Waals surface area contributed by atoms with E-state index in [4.69, 9.17) is 31.9 Å². The molecule has 1 N–H and O–H groups in total. The van der Waals surface area contributed by atoms with Gasteiger partial charge in [-0.2, -0.15) is 0 Å². The number of hydrogen-bond donors (Lipinski definition) is 1. The summed E-state index contributed by atoms with van der Waals surface area (Å²) in [5, 5.41) is 9.33. The Balaban J connectivity index is 0.000000224. The van der Waals surface area contributed by atoms with Crippen LogP contribution in [0.15, 0.2) is 60.9 Å². The maximum Gasteiger partial charge on any atom is 0.573 e. The lowest BCUT2D eigenvalue weighted by atomic mass is 10.2. The molecule has 2 saturated carbocycles. The van der Waals surface area contributed by atoms with Gasteiger partial charge in [0.2, 0.25) is 0 Å². The number of carboxylic acids is 1. The van der Waals surface area contributed by atoms with Gasteiger partial charge in [0, 0.05) is 59.9 Å². The molecule has 0 spiro atoms. The number of esters is 1. The molecule has 0 amide bonds. The molecule has 53 heavy (non-hydrogen) atoms. The number of aromatic nitrogens is 2. The SMILES string of the molecule is [2H]C([2H])([2H])Oc1cc(OC(F)(F)F)ccc1Oc1cc(C2CC2)ncc1C(=O)O.[2H]C([2H])([2H])Oc1cc(OC(F)(F)F)ccc1Oc1cc(C2CC2)ncc1C(=O)OC. The summed E-state index contributed by atoms with van der Waals surface area (Å²) in [5.41, 5.74) is 0.912. The van der Waals surface area contributed by atoms with Crippen molar-refractivity contribution in [1.82, 2.24) is 9.97 Å². The van der Waals surface area contributed by atoms with E-state index < -0.39 is 61.7 Å². The molecule has 2 fully saturated rings. The molecule has 2 heterocycles. The number of carbonyl (C=O) groups is 2. The zero-order valence-electron chi connectivity index (χ0n) is 33.0. The number of halogens is 6. The predicted molar refractivity (Wildman–Crippen MR) is 170 cm³/mol. The quantitative estimate of drug-likeness (QED) is 0.109. The molecule has 0 aliphatic heterocycles. The lowest BCUT2D eigenvalue weighted by Crippen LogP contribution is -2.17. The Kier molecular flexibility index (Phi) is 9.11. The van der Waals surface area contributed by atoms with E-state index in [0.29, 0.717) is 17.5 Å². The van der Waals surface area contributed by atoms with Gasteiger partial charge in [0.1, 0.15) is 34.1 Å². The molecule has 2 aromatic carbocycles. The van der Waals surface area contributed by atoms with Crippen LogP contribution in [0.4, 0.5) is 26.3 Å². The fraction of sp³-hybridized carbons (Fsp3) is 0.314. The van der Waals surface area contributed by atoms with Crippen molar-refractivity contribution in [2.45, 2.75) is 50.2 Å². The zero-order chi connectivity index (χ0) is 43.5. The van der Waals surface area contributed by atoms with Crippen LogP contribution in [-0.4, -0.2) is 60.9 Å². The Bertz CT molecular complexity index is 2180. The third-order valence-corrected chi connectivity index (χ3v) is 7.36. The lowest BCUT2D eigenvalue weighted by molar-refractivity contribution is -0.275. The lowest BCUT2D eigenvalue weighted by Gasteiger charge is -2.15. The van der Waals surface area contributed by atoms with Crippen LogP contribution < -0.4 is 28.4 Å². The first-order chi connectivity index (χ1) is 27.4. The van der Waals surface area contributed by atoms with Crippen LogP contribution in [0.25, 0.3) is 0 Å². The number of benzene rings is 2. The number of carbonyl (C=O) groups excluding carboxylic acids is 1. The summed E-state index contributed by atoms with van der Waals surface area (Å²) in [7, 11) is -4.81. The Morgan fingerprint density at radius 3 is 1.49 bits per heavy atom. The van der Waals surface area contributed by atoms with Gasteiger partial charge < -0.3 is 38.3 Å². The number of hydrogen-bond acceptors (Lipinski definition) is 11. The standard InChI is InChI=1S/C18H16F3NO5.C17H14F3NO5/c1-24-16-7-11(27-18(19,20)21)5-6-14(16)26-15-8-13(10-3-4-10)22-9-12(15)17(23)25-2;1-24-15-6-10(26-17(18,19)20)4-5-13(15)25-14-7-12(9-2-3-9)21-8-11(14)16(22)23/h5-10H,3-4H2,1-2H3;4-9H,2-3H2,1H3,(H,22,23)/i2*1D3. The number of ether oxygens (including phenoxy) is 7. The molecule has 2 aliphatic rings. The molecule has 6 rings (SSSR count). The summed E-state index contributed by atoms with van der Waals surface area (Å²) in [6.45, 7) is 0. The van der Waals surface area contributed by atoms with E-state index in [0.717, 1.165) is 69.3 Å². The minimum absolute atomic E-state index is 0.00127. The van der Waals surface area contributed by atoms with Crippen LogP contribution in [0, 0.1) is 0 Å². The normalized spacial score (nSPS) is 16.1. The fourth-order valence-corrected chi connectivity index (χ4v) is 4.64. The van der Waals surface area contributed by atoms with Crippen molar-refractivity contribution in [2.24, 2.45) is 0 Å².